The third-order valence-electron chi connectivity index (χ3n) is 3.13. The molecule has 0 saturated carbocycles. The molecular weight excluding hydrogens is 384 g/mol. The van der Waals surface area contributed by atoms with Gasteiger partial charge in [-0.3, -0.25) is 40.7 Å². The lowest BCUT2D eigenvalue weighted by Crippen LogP contribution is -2.44. The molecule has 27 heavy (non-hydrogen) atoms. The lowest BCUT2D eigenvalue weighted by atomic mass is 10.1. The zero-order valence-corrected chi connectivity index (χ0v) is 14.1. The van der Waals surface area contributed by atoms with Crippen molar-refractivity contribution in [1.29, 1.82) is 0 Å². The van der Waals surface area contributed by atoms with Gasteiger partial charge in [-0.05, 0) is 30.3 Å². The number of nitrogens with zero attached hydrogens (tertiary/aromatic N) is 2. The number of halogens is 1. The third-order valence-corrected chi connectivity index (χ3v) is 3.38. The van der Waals surface area contributed by atoms with E-state index in [1.54, 1.807) is 12.1 Å². The monoisotopic (exact) mass is 394 g/mol. The molecular formula is C15H11ClN4O7. The molecule has 2 rings (SSSR count). The van der Waals surface area contributed by atoms with Crippen LogP contribution in [0.15, 0.2) is 42.5 Å². The van der Waals surface area contributed by atoms with Gasteiger partial charge in [-0.25, -0.2) is 0 Å². The van der Waals surface area contributed by atoms with Crippen molar-refractivity contribution in [3.63, 3.8) is 0 Å². The van der Waals surface area contributed by atoms with Gasteiger partial charge < -0.3 is 4.74 Å². The Balaban J connectivity index is 1.96. The van der Waals surface area contributed by atoms with E-state index in [1.165, 1.54) is 12.1 Å². The van der Waals surface area contributed by atoms with E-state index in [-0.39, 0.29) is 0 Å². The van der Waals surface area contributed by atoms with Crippen LogP contribution in [0.2, 0.25) is 5.02 Å². The summed E-state index contributed by atoms with van der Waals surface area (Å²) in [6.07, 6.45) is 0. The molecule has 140 valence electrons. The highest BCUT2D eigenvalue weighted by molar-refractivity contribution is 6.30. The number of non-ortho nitro benzene ring substituents is 1. The summed E-state index contributed by atoms with van der Waals surface area (Å²) < 4.78 is 5.16. The first-order chi connectivity index (χ1) is 12.8. The fourth-order valence-electron chi connectivity index (χ4n) is 1.89. The molecule has 2 aromatic rings. The first-order valence-corrected chi connectivity index (χ1v) is 7.56. The number of carbonyl (C=O) groups is 2. The summed E-state index contributed by atoms with van der Waals surface area (Å²) >= 11 is 5.71. The number of benzene rings is 2. The Kier molecular flexibility index (Phi) is 6.23. The van der Waals surface area contributed by atoms with E-state index in [0.29, 0.717) is 16.8 Å². The van der Waals surface area contributed by atoms with E-state index in [2.05, 4.69) is 0 Å². The largest absolute Gasteiger partial charge is 0.484 e. The van der Waals surface area contributed by atoms with Gasteiger partial charge in [0, 0.05) is 11.1 Å². The van der Waals surface area contributed by atoms with Crippen molar-refractivity contribution in [3.8, 4) is 5.75 Å². The zero-order valence-electron chi connectivity index (χ0n) is 13.4. The average molecular weight is 395 g/mol. The van der Waals surface area contributed by atoms with Crippen LogP contribution < -0.4 is 15.6 Å². The van der Waals surface area contributed by atoms with Gasteiger partial charge in [-0.1, -0.05) is 11.6 Å². The Morgan fingerprint density at radius 2 is 1.67 bits per heavy atom. The smallest absolute Gasteiger partial charge is 0.289 e. The van der Waals surface area contributed by atoms with Crippen LogP contribution in [-0.4, -0.2) is 28.3 Å². The SMILES string of the molecule is O=C(COc1ccc(Cl)cc1)NNC(=O)c1ccc([N+](=O)[O-])cc1[N+](=O)[O-]. The van der Waals surface area contributed by atoms with Crippen molar-refractivity contribution < 1.29 is 24.2 Å². The average Bonchev–Trinajstić information content (AvgIpc) is 2.65. The predicted molar refractivity (Wildman–Crippen MR) is 92.3 cm³/mol. The number of ether oxygens (including phenoxy) is 1. The molecule has 0 aliphatic rings. The zero-order chi connectivity index (χ0) is 20.0. The van der Waals surface area contributed by atoms with Gasteiger partial charge >= 0.3 is 0 Å². The molecule has 0 aliphatic carbocycles. The van der Waals surface area contributed by atoms with E-state index in [0.717, 1.165) is 12.1 Å². The number of rotatable bonds is 6. The van der Waals surface area contributed by atoms with Gasteiger partial charge in [-0.2, -0.15) is 0 Å². The number of nitro benzene ring substituents is 2. The normalized spacial score (nSPS) is 9.96. The van der Waals surface area contributed by atoms with Gasteiger partial charge in [0.05, 0.1) is 15.9 Å². The van der Waals surface area contributed by atoms with Crippen LogP contribution in [-0.2, 0) is 4.79 Å². The fraction of sp³-hybridized carbons (Fsp3) is 0.0667. The van der Waals surface area contributed by atoms with Gasteiger partial charge in [0.25, 0.3) is 23.2 Å². The second-order valence-electron chi connectivity index (χ2n) is 4.96. The maximum Gasteiger partial charge on any atom is 0.289 e. The summed E-state index contributed by atoms with van der Waals surface area (Å²) in [6, 6.07) is 8.70. The summed E-state index contributed by atoms with van der Waals surface area (Å²) in [6.45, 7) is -0.440. The molecule has 2 amide bonds. The minimum atomic E-state index is -1.02. The Labute approximate surface area is 156 Å². The van der Waals surface area contributed by atoms with Crippen LogP contribution in [0.1, 0.15) is 10.4 Å². The Bertz CT molecular complexity index is 902. The Morgan fingerprint density at radius 1 is 1.00 bits per heavy atom. The Morgan fingerprint density at radius 3 is 2.26 bits per heavy atom. The molecule has 11 nitrogen and oxygen atoms in total. The predicted octanol–water partition coefficient (Wildman–Crippen LogP) is 2.00. The standard InChI is InChI=1S/C15H11ClN4O7/c16-9-1-4-11(5-2-9)27-8-14(21)17-18-15(22)12-6-3-10(19(23)24)7-13(12)20(25)26/h1-7H,8H2,(H,17,21)(H,18,22). The second-order valence-corrected chi connectivity index (χ2v) is 5.40. The summed E-state index contributed by atoms with van der Waals surface area (Å²) in [5.41, 5.74) is 2.23. The van der Waals surface area contributed by atoms with E-state index in [1.807, 2.05) is 10.9 Å². The first-order valence-electron chi connectivity index (χ1n) is 7.18. The summed E-state index contributed by atoms with van der Waals surface area (Å²) in [5, 5.41) is 22.2. The second kappa shape index (κ2) is 8.58. The van der Waals surface area contributed by atoms with Crippen molar-refractivity contribution in [2.45, 2.75) is 0 Å². The highest BCUT2D eigenvalue weighted by atomic mass is 35.5. The summed E-state index contributed by atoms with van der Waals surface area (Å²) in [4.78, 5) is 43.6. The third kappa shape index (κ3) is 5.37. The molecule has 0 fully saturated rings. The molecule has 0 spiro atoms. The number of hydrazine groups is 1. The van der Waals surface area contributed by atoms with Crippen molar-refractivity contribution in [2.24, 2.45) is 0 Å². The number of hydrogen-bond acceptors (Lipinski definition) is 7. The van der Waals surface area contributed by atoms with Crippen molar-refractivity contribution in [3.05, 3.63) is 73.3 Å². The van der Waals surface area contributed by atoms with E-state index >= 15 is 0 Å². The minimum absolute atomic E-state index is 0.367. The molecule has 0 saturated heterocycles. The summed E-state index contributed by atoms with van der Waals surface area (Å²) in [5.74, 6) is -1.38. The van der Waals surface area contributed by atoms with Crippen LogP contribution in [0.25, 0.3) is 0 Å². The van der Waals surface area contributed by atoms with Crippen molar-refractivity contribution in [1.82, 2.24) is 10.9 Å². The molecule has 0 heterocycles. The van der Waals surface area contributed by atoms with Gasteiger partial charge in [0.2, 0.25) is 0 Å². The molecule has 2 N–H and O–H groups in total. The van der Waals surface area contributed by atoms with E-state index < -0.39 is 45.2 Å². The molecule has 0 radical (unpaired) electrons. The van der Waals surface area contributed by atoms with Crippen LogP contribution in [0.4, 0.5) is 11.4 Å². The van der Waals surface area contributed by atoms with Crippen LogP contribution in [0.5, 0.6) is 5.75 Å². The summed E-state index contributed by atoms with van der Waals surface area (Å²) in [7, 11) is 0. The van der Waals surface area contributed by atoms with Gasteiger partial charge in [0.1, 0.15) is 11.3 Å². The first kappa shape index (κ1) is 19.6. The lowest BCUT2D eigenvalue weighted by molar-refractivity contribution is -0.394. The number of nitro groups is 2. The number of carbonyl (C=O) groups excluding carboxylic acids is 2. The number of nitrogens with one attached hydrogen (secondary N) is 2. The highest BCUT2D eigenvalue weighted by Gasteiger charge is 2.24. The van der Waals surface area contributed by atoms with Gasteiger partial charge in [0.15, 0.2) is 6.61 Å². The molecule has 0 aliphatic heterocycles. The molecule has 0 aromatic heterocycles. The number of hydrogen-bond donors (Lipinski definition) is 2. The molecule has 0 unspecified atom stereocenters. The molecule has 2 aromatic carbocycles. The van der Waals surface area contributed by atoms with Crippen LogP contribution in [0, 0.1) is 20.2 Å². The number of amides is 2. The van der Waals surface area contributed by atoms with E-state index in [9.17, 15) is 29.8 Å². The molecule has 12 heteroatoms. The minimum Gasteiger partial charge on any atom is -0.484 e. The highest BCUT2D eigenvalue weighted by Crippen LogP contribution is 2.24. The topological polar surface area (TPSA) is 154 Å². The molecule has 0 atom stereocenters. The van der Waals surface area contributed by atoms with Crippen LogP contribution >= 0.6 is 11.6 Å². The lowest BCUT2D eigenvalue weighted by Gasteiger charge is -2.09. The Hall–Kier alpha value is -3.73. The maximum absolute atomic E-state index is 12.0. The van der Waals surface area contributed by atoms with Crippen molar-refractivity contribution >= 4 is 34.8 Å². The maximum atomic E-state index is 12.0. The van der Waals surface area contributed by atoms with Crippen LogP contribution in [0.3, 0.4) is 0 Å². The quantitative estimate of drug-likeness (QED) is 0.560. The fourth-order valence-corrected chi connectivity index (χ4v) is 2.01. The molecule has 0 bridgehead atoms. The van der Waals surface area contributed by atoms with Crippen molar-refractivity contribution in [2.75, 3.05) is 6.61 Å². The van der Waals surface area contributed by atoms with E-state index in [4.69, 9.17) is 16.3 Å². The van der Waals surface area contributed by atoms with Gasteiger partial charge in [-0.15, -0.1) is 0 Å².